The minimum Gasteiger partial charge on any atom is -0.463 e. The summed E-state index contributed by atoms with van der Waals surface area (Å²) in [5, 5.41) is 0. The standard InChI is InChI=1S/C21H38O3/c1-7-19(15-12-16-21(6,8-2)24-10-4)14-11-13-18(5)17-20(22)23-9-3/h11,13,17,19H,7-10,12,14-16H2,1-6H3. The maximum absolute atomic E-state index is 11.4. The molecule has 0 radical (unpaired) electrons. The van der Waals surface area contributed by atoms with Crippen LogP contribution in [0.15, 0.2) is 23.8 Å². The van der Waals surface area contributed by atoms with Crippen molar-refractivity contribution in [3.63, 3.8) is 0 Å². The van der Waals surface area contributed by atoms with E-state index in [0.717, 1.165) is 31.4 Å². The fourth-order valence-electron chi connectivity index (χ4n) is 2.82. The second-order valence-electron chi connectivity index (χ2n) is 6.68. The van der Waals surface area contributed by atoms with Crippen LogP contribution in [-0.2, 0) is 14.3 Å². The molecule has 0 amide bonds. The van der Waals surface area contributed by atoms with Crippen molar-refractivity contribution >= 4 is 5.97 Å². The molecule has 2 unspecified atom stereocenters. The molecule has 0 aromatic heterocycles. The van der Waals surface area contributed by atoms with Crippen LogP contribution in [0.1, 0.15) is 80.1 Å². The lowest BCUT2D eigenvalue weighted by atomic mass is 9.90. The van der Waals surface area contributed by atoms with Gasteiger partial charge >= 0.3 is 5.97 Å². The molecule has 0 saturated carbocycles. The summed E-state index contributed by atoms with van der Waals surface area (Å²) < 4.78 is 10.8. The SMILES string of the molecule is CCOC(=O)C=C(C)C=CCC(CC)CCCC(C)(CC)OCC. The van der Waals surface area contributed by atoms with E-state index < -0.39 is 0 Å². The van der Waals surface area contributed by atoms with E-state index in [4.69, 9.17) is 9.47 Å². The molecule has 0 aliphatic rings. The van der Waals surface area contributed by atoms with Crippen molar-refractivity contribution in [2.45, 2.75) is 85.7 Å². The quantitative estimate of drug-likeness (QED) is 0.240. The van der Waals surface area contributed by atoms with Crippen LogP contribution in [0.25, 0.3) is 0 Å². The molecule has 140 valence electrons. The van der Waals surface area contributed by atoms with Crippen molar-refractivity contribution in [2.75, 3.05) is 13.2 Å². The average molecular weight is 339 g/mol. The minimum absolute atomic E-state index is 0.0296. The molecule has 3 heteroatoms. The van der Waals surface area contributed by atoms with E-state index in [9.17, 15) is 4.79 Å². The Labute approximate surface area is 149 Å². The first-order valence-corrected chi connectivity index (χ1v) is 9.56. The molecule has 0 saturated heterocycles. The molecule has 0 N–H and O–H groups in total. The van der Waals surface area contributed by atoms with Gasteiger partial charge < -0.3 is 9.47 Å². The largest absolute Gasteiger partial charge is 0.463 e. The number of ether oxygens (including phenoxy) is 2. The number of rotatable bonds is 13. The fourth-order valence-corrected chi connectivity index (χ4v) is 2.82. The first-order chi connectivity index (χ1) is 11.4. The van der Waals surface area contributed by atoms with Gasteiger partial charge in [-0.3, -0.25) is 0 Å². The Morgan fingerprint density at radius 2 is 1.88 bits per heavy atom. The molecule has 0 aromatic carbocycles. The summed E-state index contributed by atoms with van der Waals surface area (Å²) in [5.41, 5.74) is 0.972. The molecule has 0 aliphatic carbocycles. The molecule has 0 aliphatic heterocycles. The highest BCUT2D eigenvalue weighted by atomic mass is 16.5. The smallest absolute Gasteiger partial charge is 0.330 e. The Bertz CT molecular complexity index is 398. The predicted molar refractivity (Wildman–Crippen MR) is 102 cm³/mol. The Morgan fingerprint density at radius 1 is 1.17 bits per heavy atom. The van der Waals surface area contributed by atoms with Gasteiger partial charge in [0, 0.05) is 12.7 Å². The van der Waals surface area contributed by atoms with E-state index in [0.29, 0.717) is 12.5 Å². The lowest BCUT2D eigenvalue weighted by molar-refractivity contribution is -0.137. The average Bonchev–Trinajstić information content (AvgIpc) is 2.53. The summed E-state index contributed by atoms with van der Waals surface area (Å²) in [7, 11) is 0. The topological polar surface area (TPSA) is 35.5 Å². The van der Waals surface area contributed by atoms with E-state index in [1.54, 1.807) is 6.08 Å². The van der Waals surface area contributed by atoms with Crippen LogP contribution in [-0.4, -0.2) is 24.8 Å². The Hall–Kier alpha value is -1.09. The summed E-state index contributed by atoms with van der Waals surface area (Å²) in [6.45, 7) is 13.7. The zero-order valence-corrected chi connectivity index (χ0v) is 16.7. The van der Waals surface area contributed by atoms with E-state index in [2.05, 4.69) is 33.8 Å². The molecule has 0 heterocycles. The van der Waals surface area contributed by atoms with Crippen LogP contribution >= 0.6 is 0 Å². The van der Waals surface area contributed by atoms with Crippen LogP contribution < -0.4 is 0 Å². The molecule has 0 bridgehead atoms. The highest BCUT2D eigenvalue weighted by Gasteiger charge is 2.21. The van der Waals surface area contributed by atoms with Gasteiger partial charge in [0.2, 0.25) is 0 Å². The van der Waals surface area contributed by atoms with Crippen molar-refractivity contribution in [1.82, 2.24) is 0 Å². The van der Waals surface area contributed by atoms with Gasteiger partial charge in [0.25, 0.3) is 0 Å². The van der Waals surface area contributed by atoms with Crippen molar-refractivity contribution in [3.8, 4) is 0 Å². The Kier molecular flexibility index (Phi) is 12.6. The van der Waals surface area contributed by atoms with Crippen molar-refractivity contribution < 1.29 is 14.3 Å². The van der Waals surface area contributed by atoms with Crippen molar-refractivity contribution in [3.05, 3.63) is 23.8 Å². The monoisotopic (exact) mass is 338 g/mol. The molecule has 0 aromatic rings. The third-order valence-electron chi connectivity index (χ3n) is 4.62. The van der Waals surface area contributed by atoms with Crippen LogP contribution in [0, 0.1) is 5.92 Å². The molecular formula is C21H38O3. The van der Waals surface area contributed by atoms with E-state index in [-0.39, 0.29) is 11.6 Å². The maximum Gasteiger partial charge on any atom is 0.330 e. The first-order valence-electron chi connectivity index (χ1n) is 9.56. The third-order valence-corrected chi connectivity index (χ3v) is 4.62. The van der Waals surface area contributed by atoms with E-state index in [1.807, 2.05) is 19.9 Å². The van der Waals surface area contributed by atoms with Crippen LogP contribution in [0.4, 0.5) is 0 Å². The lowest BCUT2D eigenvalue weighted by Gasteiger charge is -2.28. The van der Waals surface area contributed by atoms with Gasteiger partial charge in [-0.1, -0.05) is 45.3 Å². The summed E-state index contributed by atoms with van der Waals surface area (Å²) in [6.07, 6.45) is 12.6. The zero-order valence-electron chi connectivity index (χ0n) is 16.7. The minimum atomic E-state index is -0.263. The molecule has 3 nitrogen and oxygen atoms in total. The Morgan fingerprint density at radius 3 is 2.42 bits per heavy atom. The predicted octanol–water partition coefficient (Wildman–Crippen LogP) is 5.84. The lowest BCUT2D eigenvalue weighted by Crippen LogP contribution is -2.27. The van der Waals surface area contributed by atoms with Crippen molar-refractivity contribution in [2.24, 2.45) is 5.92 Å². The zero-order chi connectivity index (χ0) is 18.4. The number of carbonyl (C=O) groups is 1. The van der Waals surface area contributed by atoms with Crippen LogP contribution in [0.2, 0.25) is 0 Å². The maximum atomic E-state index is 11.4. The van der Waals surface area contributed by atoms with Gasteiger partial charge in [-0.25, -0.2) is 4.79 Å². The molecule has 0 rings (SSSR count). The van der Waals surface area contributed by atoms with Gasteiger partial charge in [0.05, 0.1) is 12.2 Å². The summed E-state index contributed by atoms with van der Waals surface area (Å²) in [5.74, 6) is 0.431. The normalized spacial score (nSPS) is 16.2. The molecular weight excluding hydrogens is 300 g/mol. The second-order valence-corrected chi connectivity index (χ2v) is 6.68. The molecule has 0 fully saturated rings. The summed E-state index contributed by atoms with van der Waals surface area (Å²) in [4.78, 5) is 11.4. The van der Waals surface area contributed by atoms with Gasteiger partial charge in [0.15, 0.2) is 0 Å². The van der Waals surface area contributed by atoms with Crippen LogP contribution in [0.5, 0.6) is 0 Å². The second kappa shape index (κ2) is 13.2. The highest BCUT2D eigenvalue weighted by molar-refractivity contribution is 5.83. The first kappa shape index (κ1) is 22.9. The summed E-state index contributed by atoms with van der Waals surface area (Å²) >= 11 is 0. The van der Waals surface area contributed by atoms with Gasteiger partial charge in [0.1, 0.15) is 0 Å². The van der Waals surface area contributed by atoms with Crippen molar-refractivity contribution in [1.29, 1.82) is 0 Å². The third kappa shape index (κ3) is 10.6. The molecule has 24 heavy (non-hydrogen) atoms. The fraction of sp³-hybridized carbons (Fsp3) is 0.762. The number of esters is 1. The molecule has 2 atom stereocenters. The molecule has 0 spiro atoms. The van der Waals surface area contributed by atoms with Gasteiger partial charge in [-0.05, 0) is 58.4 Å². The number of hydrogen-bond donors (Lipinski definition) is 0. The number of hydrogen-bond acceptors (Lipinski definition) is 3. The highest BCUT2D eigenvalue weighted by Crippen LogP contribution is 2.26. The van der Waals surface area contributed by atoms with Gasteiger partial charge in [-0.15, -0.1) is 0 Å². The Balaban J connectivity index is 4.28. The van der Waals surface area contributed by atoms with E-state index >= 15 is 0 Å². The number of allylic oxidation sites excluding steroid dienone is 3. The van der Waals surface area contributed by atoms with E-state index in [1.165, 1.54) is 19.3 Å². The van der Waals surface area contributed by atoms with Crippen LogP contribution in [0.3, 0.4) is 0 Å². The summed E-state index contributed by atoms with van der Waals surface area (Å²) in [6, 6.07) is 0. The number of carbonyl (C=O) groups excluding carboxylic acids is 1. The van der Waals surface area contributed by atoms with Gasteiger partial charge in [-0.2, -0.15) is 0 Å².